The summed E-state index contributed by atoms with van der Waals surface area (Å²) in [6.07, 6.45) is 0.257. The van der Waals surface area contributed by atoms with Crippen molar-refractivity contribution >= 4 is 5.91 Å². The van der Waals surface area contributed by atoms with Crippen LogP contribution in [0.25, 0.3) is 0 Å². The highest BCUT2D eigenvalue weighted by molar-refractivity contribution is 5.85. The molecule has 1 unspecified atom stereocenters. The minimum atomic E-state index is -0.526. The molecule has 0 saturated heterocycles. The lowest BCUT2D eigenvalue weighted by molar-refractivity contribution is -0.136. The highest BCUT2D eigenvalue weighted by atomic mass is 16.3. The molecule has 0 aromatic rings. The summed E-state index contributed by atoms with van der Waals surface area (Å²) in [5.74, 6) is 0.0602. The van der Waals surface area contributed by atoms with Crippen LogP contribution in [0.4, 0.5) is 0 Å². The quantitative estimate of drug-likeness (QED) is 0.684. The smallest absolute Gasteiger partial charge is 0.242 e. The fraction of sp³-hybridized carbons (Fsp3) is 0.909. The number of nitrogens with one attached hydrogen (secondary N) is 1. The Kier molecular flexibility index (Phi) is 5.83. The first-order valence-corrected chi connectivity index (χ1v) is 5.50. The third-order valence-corrected chi connectivity index (χ3v) is 2.38. The van der Waals surface area contributed by atoms with Gasteiger partial charge in [0.2, 0.25) is 5.91 Å². The molecule has 0 heterocycles. The number of amides is 1. The molecule has 4 nitrogen and oxygen atoms in total. The Morgan fingerprint density at radius 3 is 2.47 bits per heavy atom. The second-order valence-corrected chi connectivity index (χ2v) is 4.52. The summed E-state index contributed by atoms with van der Waals surface area (Å²) in [5.41, 5.74) is -0.526. The van der Waals surface area contributed by atoms with E-state index in [0.29, 0.717) is 13.0 Å². The van der Waals surface area contributed by atoms with Gasteiger partial charge in [0.1, 0.15) is 0 Å². The fourth-order valence-electron chi connectivity index (χ4n) is 1.48. The zero-order chi connectivity index (χ0) is 12.1. The minimum absolute atomic E-state index is 0.0602. The van der Waals surface area contributed by atoms with Crippen LogP contribution in [0.15, 0.2) is 0 Å². The van der Waals surface area contributed by atoms with Gasteiger partial charge < -0.3 is 15.3 Å². The van der Waals surface area contributed by atoms with Gasteiger partial charge in [0.05, 0.1) is 11.6 Å². The molecule has 90 valence electrons. The molecular weight excluding hydrogens is 192 g/mol. The molecule has 15 heavy (non-hydrogen) atoms. The molecule has 0 bridgehead atoms. The van der Waals surface area contributed by atoms with Gasteiger partial charge in [-0.05, 0) is 33.7 Å². The molecule has 0 aliphatic rings. The zero-order valence-corrected chi connectivity index (χ0v) is 10.5. The lowest BCUT2D eigenvalue weighted by Gasteiger charge is -2.30. The van der Waals surface area contributed by atoms with Crippen LogP contribution in [-0.4, -0.2) is 47.7 Å². The molecule has 0 aromatic heterocycles. The molecule has 0 rings (SSSR count). The van der Waals surface area contributed by atoms with Crippen LogP contribution in [-0.2, 0) is 4.79 Å². The van der Waals surface area contributed by atoms with E-state index in [0.717, 1.165) is 6.54 Å². The molecule has 1 amide bonds. The van der Waals surface area contributed by atoms with Gasteiger partial charge in [-0.1, -0.05) is 6.92 Å². The van der Waals surface area contributed by atoms with Gasteiger partial charge >= 0.3 is 0 Å². The standard InChI is InChI=1S/C11H24N2O2/c1-6-12-11(3,4)10(15)13(5)8-7-9(2)14/h9,12,14H,6-8H2,1-5H3. The number of hydrogen-bond donors (Lipinski definition) is 2. The van der Waals surface area contributed by atoms with Gasteiger partial charge in [-0.15, -0.1) is 0 Å². The average Bonchev–Trinajstić information content (AvgIpc) is 2.12. The number of rotatable bonds is 6. The maximum Gasteiger partial charge on any atom is 0.242 e. The van der Waals surface area contributed by atoms with Crippen molar-refractivity contribution in [2.75, 3.05) is 20.1 Å². The van der Waals surface area contributed by atoms with Crippen molar-refractivity contribution in [3.8, 4) is 0 Å². The molecule has 0 saturated carbocycles. The molecule has 4 heteroatoms. The summed E-state index contributed by atoms with van der Waals surface area (Å²) < 4.78 is 0. The van der Waals surface area contributed by atoms with Crippen LogP contribution in [0, 0.1) is 0 Å². The van der Waals surface area contributed by atoms with Gasteiger partial charge in [0, 0.05) is 13.6 Å². The Morgan fingerprint density at radius 1 is 1.53 bits per heavy atom. The number of aliphatic hydroxyl groups is 1. The van der Waals surface area contributed by atoms with Crippen molar-refractivity contribution in [1.82, 2.24) is 10.2 Å². The lowest BCUT2D eigenvalue weighted by atomic mass is 10.0. The molecular formula is C11H24N2O2. The summed E-state index contributed by atoms with van der Waals surface area (Å²) in [6, 6.07) is 0. The van der Waals surface area contributed by atoms with E-state index in [1.165, 1.54) is 0 Å². The van der Waals surface area contributed by atoms with Crippen LogP contribution in [0.2, 0.25) is 0 Å². The summed E-state index contributed by atoms with van der Waals surface area (Å²) in [6.45, 7) is 8.81. The third kappa shape index (κ3) is 5.14. The van der Waals surface area contributed by atoms with Gasteiger partial charge in [-0.3, -0.25) is 4.79 Å². The Bertz CT molecular complexity index is 203. The topological polar surface area (TPSA) is 52.6 Å². The lowest BCUT2D eigenvalue weighted by Crippen LogP contribution is -2.53. The van der Waals surface area contributed by atoms with E-state index in [1.807, 2.05) is 20.8 Å². The second kappa shape index (κ2) is 6.08. The third-order valence-electron chi connectivity index (χ3n) is 2.38. The molecule has 0 spiro atoms. The maximum absolute atomic E-state index is 11.9. The van der Waals surface area contributed by atoms with E-state index in [1.54, 1.807) is 18.9 Å². The van der Waals surface area contributed by atoms with Crippen molar-refractivity contribution in [1.29, 1.82) is 0 Å². The first-order chi connectivity index (χ1) is 6.81. The van der Waals surface area contributed by atoms with Gasteiger partial charge in [-0.25, -0.2) is 0 Å². The summed E-state index contributed by atoms with van der Waals surface area (Å²) in [7, 11) is 1.77. The van der Waals surface area contributed by atoms with E-state index in [-0.39, 0.29) is 12.0 Å². The molecule has 0 aromatic carbocycles. The predicted octanol–water partition coefficient (Wildman–Crippen LogP) is 0.604. The molecule has 0 aliphatic heterocycles. The van der Waals surface area contributed by atoms with Crippen LogP contribution in [0.3, 0.4) is 0 Å². The molecule has 0 radical (unpaired) electrons. The first kappa shape index (κ1) is 14.4. The fourth-order valence-corrected chi connectivity index (χ4v) is 1.48. The zero-order valence-electron chi connectivity index (χ0n) is 10.5. The Hall–Kier alpha value is -0.610. The monoisotopic (exact) mass is 216 g/mol. The van der Waals surface area contributed by atoms with Crippen molar-refractivity contribution in [3.05, 3.63) is 0 Å². The number of nitrogens with zero attached hydrogens (tertiary/aromatic N) is 1. The van der Waals surface area contributed by atoms with E-state index in [2.05, 4.69) is 5.32 Å². The molecule has 2 N–H and O–H groups in total. The van der Waals surface area contributed by atoms with E-state index in [4.69, 9.17) is 5.11 Å². The van der Waals surface area contributed by atoms with Gasteiger partial charge in [-0.2, -0.15) is 0 Å². The minimum Gasteiger partial charge on any atom is -0.393 e. The number of hydrogen-bond acceptors (Lipinski definition) is 3. The normalized spacial score (nSPS) is 13.7. The van der Waals surface area contributed by atoms with Gasteiger partial charge in [0.15, 0.2) is 0 Å². The largest absolute Gasteiger partial charge is 0.393 e. The SMILES string of the molecule is CCNC(C)(C)C(=O)N(C)CCC(C)O. The predicted molar refractivity (Wildman–Crippen MR) is 61.7 cm³/mol. The number of aliphatic hydroxyl groups excluding tert-OH is 1. The van der Waals surface area contributed by atoms with Crippen molar-refractivity contribution in [3.63, 3.8) is 0 Å². The van der Waals surface area contributed by atoms with Crippen molar-refractivity contribution in [2.45, 2.75) is 45.8 Å². The summed E-state index contributed by atoms with van der Waals surface area (Å²) >= 11 is 0. The molecule has 1 atom stereocenters. The van der Waals surface area contributed by atoms with E-state index in [9.17, 15) is 4.79 Å². The van der Waals surface area contributed by atoms with Crippen molar-refractivity contribution < 1.29 is 9.90 Å². The Balaban J connectivity index is 4.18. The van der Waals surface area contributed by atoms with E-state index < -0.39 is 5.54 Å². The van der Waals surface area contributed by atoms with Crippen LogP contribution in [0.5, 0.6) is 0 Å². The number of carbonyl (C=O) groups excluding carboxylic acids is 1. The number of likely N-dealkylation sites (N-methyl/N-ethyl adjacent to an activating group) is 2. The summed E-state index contributed by atoms with van der Waals surface area (Å²) in [5, 5.41) is 12.3. The van der Waals surface area contributed by atoms with Crippen LogP contribution >= 0.6 is 0 Å². The van der Waals surface area contributed by atoms with Crippen molar-refractivity contribution in [2.24, 2.45) is 0 Å². The molecule has 0 aliphatic carbocycles. The molecule has 0 fully saturated rings. The van der Waals surface area contributed by atoms with Gasteiger partial charge in [0.25, 0.3) is 0 Å². The van der Waals surface area contributed by atoms with Crippen LogP contribution < -0.4 is 5.32 Å². The first-order valence-electron chi connectivity index (χ1n) is 5.50. The Labute approximate surface area is 92.7 Å². The van der Waals surface area contributed by atoms with E-state index >= 15 is 0 Å². The summed E-state index contributed by atoms with van der Waals surface area (Å²) in [4.78, 5) is 13.6. The maximum atomic E-state index is 11.9. The highest BCUT2D eigenvalue weighted by Crippen LogP contribution is 2.07. The number of carbonyl (C=O) groups is 1. The average molecular weight is 216 g/mol. The second-order valence-electron chi connectivity index (χ2n) is 4.52. The Morgan fingerprint density at radius 2 is 2.07 bits per heavy atom. The highest BCUT2D eigenvalue weighted by Gasteiger charge is 2.28. The van der Waals surface area contributed by atoms with Crippen LogP contribution in [0.1, 0.15) is 34.1 Å².